The van der Waals surface area contributed by atoms with Crippen molar-refractivity contribution in [1.82, 2.24) is 29.6 Å². The van der Waals surface area contributed by atoms with E-state index in [0.29, 0.717) is 12.1 Å². The first-order chi connectivity index (χ1) is 13.7. The molecule has 0 aliphatic carbocycles. The van der Waals surface area contributed by atoms with Crippen LogP contribution in [0.25, 0.3) is 11.1 Å². The van der Waals surface area contributed by atoms with Crippen LogP contribution in [-0.2, 0) is 6.54 Å². The van der Waals surface area contributed by atoms with Crippen molar-refractivity contribution in [3.05, 3.63) is 60.2 Å². The van der Waals surface area contributed by atoms with E-state index in [1.54, 1.807) is 24.9 Å². The van der Waals surface area contributed by atoms with E-state index in [-0.39, 0.29) is 11.8 Å². The number of aromatic nitrogens is 5. The highest BCUT2D eigenvalue weighted by Crippen LogP contribution is 2.33. The Morgan fingerprint density at radius 1 is 1.21 bits per heavy atom. The molecule has 3 aromatic rings. The maximum atomic E-state index is 13.1. The Kier molecular flexibility index (Phi) is 5.14. The first-order valence-corrected chi connectivity index (χ1v) is 9.71. The summed E-state index contributed by atoms with van der Waals surface area (Å²) >= 11 is 0. The Hall–Kier alpha value is -3.09. The van der Waals surface area contributed by atoms with Crippen LogP contribution in [0.15, 0.2) is 43.2 Å². The molecule has 4 heterocycles. The predicted octanol–water partition coefficient (Wildman–Crippen LogP) is 3.08. The quantitative estimate of drug-likeness (QED) is 0.699. The summed E-state index contributed by atoms with van der Waals surface area (Å²) in [6, 6.07) is 3.94. The molecule has 1 fully saturated rings. The molecule has 7 nitrogen and oxygen atoms in total. The first kappa shape index (κ1) is 18.3. The van der Waals surface area contributed by atoms with Crippen molar-refractivity contribution in [3.63, 3.8) is 0 Å². The lowest BCUT2D eigenvalue weighted by molar-refractivity contribution is 0.0705. The number of rotatable bonds is 4. The summed E-state index contributed by atoms with van der Waals surface area (Å²) in [6.07, 6.45) is 10.7. The third-order valence-electron chi connectivity index (χ3n) is 5.46. The molecule has 0 N–H and O–H groups in total. The maximum Gasteiger partial charge on any atom is 0.257 e. The van der Waals surface area contributed by atoms with Gasteiger partial charge in [0.2, 0.25) is 0 Å². The van der Waals surface area contributed by atoms with Crippen LogP contribution in [0.1, 0.15) is 47.4 Å². The molecule has 144 valence electrons. The van der Waals surface area contributed by atoms with Gasteiger partial charge in [0.1, 0.15) is 6.33 Å². The average molecular weight is 376 g/mol. The molecule has 0 unspecified atom stereocenters. The zero-order chi connectivity index (χ0) is 19.5. The van der Waals surface area contributed by atoms with Gasteiger partial charge in [-0.2, -0.15) is 5.10 Å². The summed E-state index contributed by atoms with van der Waals surface area (Å²) in [5, 5.41) is 4.32. The summed E-state index contributed by atoms with van der Waals surface area (Å²) in [6.45, 7) is 6.17. The van der Waals surface area contributed by atoms with Gasteiger partial charge >= 0.3 is 0 Å². The summed E-state index contributed by atoms with van der Waals surface area (Å²) in [5.74, 6) is 0.242. The number of hydrogen-bond donors (Lipinski definition) is 0. The third kappa shape index (κ3) is 3.40. The largest absolute Gasteiger partial charge is 0.338 e. The number of nitrogens with zero attached hydrogens (tertiary/aromatic N) is 6. The van der Waals surface area contributed by atoms with Crippen LogP contribution < -0.4 is 0 Å². The third-order valence-corrected chi connectivity index (χ3v) is 5.46. The van der Waals surface area contributed by atoms with E-state index in [1.807, 2.05) is 41.8 Å². The Labute approximate surface area is 164 Å². The number of amides is 1. The monoisotopic (exact) mass is 376 g/mol. The van der Waals surface area contributed by atoms with Crippen LogP contribution in [0.5, 0.6) is 0 Å². The second-order valence-corrected chi connectivity index (χ2v) is 7.11. The van der Waals surface area contributed by atoms with Gasteiger partial charge in [0.05, 0.1) is 17.5 Å². The number of pyridine rings is 1. The minimum absolute atomic E-state index is 0.0569. The molecule has 1 saturated heterocycles. The van der Waals surface area contributed by atoms with Gasteiger partial charge in [0.15, 0.2) is 0 Å². The maximum absolute atomic E-state index is 13.1. The highest BCUT2D eigenvalue weighted by atomic mass is 16.2. The van der Waals surface area contributed by atoms with E-state index in [1.165, 1.54) is 0 Å². The Balaban J connectivity index is 1.60. The van der Waals surface area contributed by atoms with E-state index in [9.17, 15) is 4.79 Å². The topological polar surface area (TPSA) is 76.8 Å². The first-order valence-electron chi connectivity index (χ1n) is 9.71. The molecule has 28 heavy (non-hydrogen) atoms. The van der Waals surface area contributed by atoms with Crippen LogP contribution in [-0.4, -0.2) is 48.6 Å². The van der Waals surface area contributed by atoms with Gasteiger partial charge < -0.3 is 4.90 Å². The lowest BCUT2D eigenvalue weighted by Gasteiger charge is -2.33. The Morgan fingerprint density at radius 2 is 2.04 bits per heavy atom. The number of carbonyl (C=O) groups is 1. The van der Waals surface area contributed by atoms with Crippen LogP contribution >= 0.6 is 0 Å². The molecule has 0 bridgehead atoms. The number of carbonyl (C=O) groups excluding carboxylic acids is 1. The summed E-state index contributed by atoms with van der Waals surface area (Å²) < 4.78 is 1.86. The van der Waals surface area contributed by atoms with Crippen LogP contribution in [0, 0.1) is 6.92 Å². The van der Waals surface area contributed by atoms with Crippen molar-refractivity contribution >= 4 is 5.91 Å². The highest BCUT2D eigenvalue weighted by Gasteiger charge is 2.29. The van der Waals surface area contributed by atoms with Gasteiger partial charge in [0.25, 0.3) is 5.91 Å². The lowest BCUT2D eigenvalue weighted by atomic mass is 9.90. The van der Waals surface area contributed by atoms with Crippen molar-refractivity contribution in [3.8, 4) is 11.1 Å². The smallest absolute Gasteiger partial charge is 0.257 e. The fraction of sp³-hybridized carbons (Fsp3) is 0.381. The zero-order valence-electron chi connectivity index (χ0n) is 16.2. The van der Waals surface area contributed by atoms with Gasteiger partial charge in [-0.3, -0.25) is 14.5 Å². The highest BCUT2D eigenvalue weighted by molar-refractivity contribution is 5.95. The number of hydrogen-bond acceptors (Lipinski definition) is 5. The van der Waals surface area contributed by atoms with Crippen molar-refractivity contribution in [1.29, 1.82) is 0 Å². The summed E-state index contributed by atoms with van der Waals surface area (Å²) in [5.41, 5.74) is 4.68. The molecule has 1 aliphatic rings. The number of piperidine rings is 1. The minimum Gasteiger partial charge on any atom is -0.338 e. The van der Waals surface area contributed by atoms with E-state index >= 15 is 0 Å². The van der Waals surface area contributed by atoms with E-state index in [4.69, 9.17) is 0 Å². The normalized spacial score (nSPS) is 16.9. The average Bonchev–Trinajstić information content (AvgIpc) is 3.14. The van der Waals surface area contributed by atoms with Gasteiger partial charge in [-0.05, 0) is 44.4 Å². The molecule has 1 amide bonds. The SMILES string of the molecule is CCn1ncc(C(=O)N2CCC[C@H](c3ncncc3-c3ccncc3)C2)c1C. The van der Waals surface area contributed by atoms with Crippen molar-refractivity contribution < 1.29 is 4.79 Å². The summed E-state index contributed by atoms with van der Waals surface area (Å²) in [4.78, 5) is 28.0. The molecule has 0 aromatic carbocycles. The van der Waals surface area contributed by atoms with Crippen molar-refractivity contribution in [2.45, 2.75) is 39.2 Å². The molecule has 7 heteroatoms. The van der Waals surface area contributed by atoms with E-state index in [2.05, 4.69) is 20.1 Å². The molecule has 4 rings (SSSR count). The van der Waals surface area contributed by atoms with Crippen LogP contribution in [0.2, 0.25) is 0 Å². The molecule has 0 radical (unpaired) electrons. The number of likely N-dealkylation sites (tertiary alicyclic amines) is 1. The van der Waals surface area contributed by atoms with Crippen molar-refractivity contribution in [2.24, 2.45) is 0 Å². The molecular formula is C21H24N6O. The minimum atomic E-state index is 0.0569. The van der Waals surface area contributed by atoms with Gasteiger partial charge in [-0.1, -0.05) is 0 Å². The Morgan fingerprint density at radius 3 is 2.79 bits per heavy atom. The zero-order valence-corrected chi connectivity index (χ0v) is 16.2. The fourth-order valence-electron chi connectivity index (χ4n) is 3.95. The van der Waals surface area contributed by atoms with Crippen LogP contribution in [0.4, 0.5) is 0 Å². The molecule has 1 atom stereocenters. The summed E-state index contributed by atoms with van der Waals surface area (Å²) in [7, 11) is 0. The van der Waals surface area contributed by atoms with Gasteiger partial charge in [0, 0.05) is 55.4 Å². The Bertz CT molecular complexity index is 968. The number of aryl methyl sites for hydroxylation is 1. The lowest BCUT2D eigenvalue weighted by Crippen LogP contribution is -2.39. The second-order valence-electron chi connectivity index (χ2n) is 7.11. The van der Waals surface area contributed by atoms with Gasteiger partial charge in [-0.25, -0.2) is 9.97 Å². The predicted molar refractivity (Wildman–Crippen MR) is 106 cm³/mol. The molecule has 1 aliphatic heterocycles. The standard InChI is InChI=1S/C21H24N6O/c1-3-27-15(2)18(12-25-27)21(28)26-10-4-5-17(13-26)20-19(11-23-14-24-20)16-6-8-22-9-7-16/h6-9,11-12,14,17H,3-5,10,13H2,1-2H3/t17-/m0/s1. The van der Waals surface area contributed by atoms with Crippen LogP contribution in [0.3, 0.4) is 0 Å². The molecule has 3 aromatic heterocycles. The fourth-order valence-corrected chi connectivity index (χ4v) is 3.95. The molecule has 0 spiro atoms. The van der Waals surface area contributed by atoms with E-state index in [0.717, 1.165) is 48.4 Å². The molecule has 0 saturated carbocycles. The van der Waals surface area contributed by atoms with Gasteiger partial charge in [-0.15, -0.1) is 0 Å². The van der Waals surface area contributed by atoms with Crippen molar-refractivity contribution in [2.75, 3.05) is 13.1 Å². The second kappa shape index (κ2) is 7.88. The van der Waals surface area contributed by atoms with E-state index < -0.39 is 0 Å². The molecular weight excluding hydrogens is 352 g/mol.